The van der Waals surface area contributed by atoms with E-state index in [1.807, 2.05) is 30.6 Å². The summed E-state index contributed by atoms with van der Waals surface area (Å²) in [5, 5.41) is 0.933. The molecule has 1 radical (unpaired) electrons. The summed E-state index contributed by atoms with van der Waals surface area (Å²) in [6.45, 7) is 0. The van der Waals surface area contributed by atoms with Crippen molar-refractivity contribution in [2.24, 2.45) is 0 Å². The lowest BCUT2D eigenvalue weighted by atomic mass is 10.2. The summed E-state index contributed by atoms with van der Waals surface area (Å²) in [6.07, 6.45) is 3.53. The van der Waals surface area contributed by atoms with Crippen LogP contribution in [0.25, 0.3) is 10.9 Å². The molecule has 0 unspecified atom stereocenters. The van der Waals surface area contributed by atoms with Crippen molar-refractivity contribution in [3.63, 3.8) is 0 Å². The zero-order valence-corrected chi connectivity index (χ0v) is 5.79. The van der Waals surface area contributed by atoms with E-state index in [1.54, 1.807) is 6.20 Å². The average Bonchev–Trinajstić information content (AvgIpc) is 2.47. The van der Waals surface area contributed by atoms with Crippen LogP contribution in [0.1, 0.15) is 5.56 Å². The van der Waals surface area contributed by atoms with Crippen LogP contribution in [-0.2, 0) is 4.79 Å². The van der Waals surface area contributed by atoms with Crippen molar-refractivity contribution in [1.82, 2.24) is 4.98 Å². The molecule has 1 aromatic carbocycles. The van der Waals surface area contributed by atoms with Crippen LogP contribution >= 0.6 is 0 Å². The van der Waals surface area contributed by atoms with Crippen LogP contribution in [0.5, 0.6) is 0 Å². The van der Waals surface area contributed by atoms with Crippen LogP contribution in [0.3, 0.4) is 0 Å². The second kappa shape index (κ2) is 2.23. The van der Waals surface area contributed by atoms with Crippen molar-refractivity contribution in [1.29, 1.82) is 0 Å². The molecule has 0 aliphatic rings. The summed E-state index contributed by atoms with van der Waals surface area (Å²) >= 11 is 0. The molecule has 1 aromatic heterocycles. The van der Waals surface area contributed by atoms with Crippen LogP contribution in [0.15, 0.2) is 30.5 Å². The maximum atomic E-state index is 10.3. The SMILES string of the molecule is O=[C]c1c[nH]c2ccccc12. The van der Waals surface area contributed by atoms with E-state index < -0.39 is 0 Å². The van der Waals surface area contributed by atoms with Crippen LogP contribution in [0, 0.1) is 0 Å². The van der Waals surface area contributed by atoms with Gasteiger partial charge in [0.2, 0.25) is 6.29 Å². The predicted octanol–water partition coefficient (Wildman–Crippen LogP) is 1.63. The second-order valence-corrected chi connectivity index (χ2v) is 2.35. The monoisotopic (exact) mass is 144 g/mol. The first-order valence-electron chi connectivity index (χ1n) is 3.36. The van der Waals surface area contributed by atoms with Gasteiger partial charge in [-0.1, -0.05) is 18.2 Å². The molecule has 1 N–H and O–H groups in total. The predicted molar refractivity (Wildman–Crippen MR) is 43.1 cm³/mol. The van der Waals surface area contributed by atoms with E-state index in [9.17, 15) is 4.79 Å². The summed E-state index contributed by atoms with van der Waals surface area (Å²) in [6, 6.07) is 7.65. The summed E-state index contributed by atoms with van der Waals surface area (Å²) in [5.41, 5.74) is 1.58. The van der Waals surface area contributed by atoms with Crippen molar-refractivity contribution < 1.29 is 4.79 Å². The third kappa shape index (κ3) is 0.835. The number of para-hydroxylation sites is 1. The second-order valence-electron chi connectivity index (χ2n) is 2.35. The molecule has 0 aliphatic heterocycles. The number of rotatable bonds is 1. The lowest BCUT2D eigenvalue weighted by Crippen LogP contribution is -1.73. The highest BCUT2D eigenvalue weighted by Gasteiger charge is 1.99. The van der Waals surface area contributed by atoms with Gasteiger partial charge in [-0.25, -0.2) is 0 Å². The molecule has 0 amide bonds. The van der Waals surface area contributed by atoms with Crippen molar-refractivity contribution >= 4 is 17.2 Å². The first-order chi connectivity index (χ1) is 5.42. The highest BCUT2D eigenvalue weighted by atomic mass is 16.1. The van der Waals surface area contributed by atoms with Crippen molar-refractivity contribution in [3.05, 3.63) is 36.0 Å². The number of aromatic nitrogens is 1. The number of hydrogen-bond acceptors (Lipinski definition) is 1. The molecule has 11 heavy (non-hydrogen) atoms. The van der Waals surface area contributed by atoms with Gasteiger partial charge in [-0.2, -0.15) is 0 Å². The van der Waals surface area contributed by atoms with Crippen LogP contribution in [0.4, 0.5) is 0 Å². The summed E-state index contributed by atoms with van der Waals surface area (Å²) in [4.78, 5) is 13.3. The average molecular weight is 144 g/mol. The topological polar surface area (TPSA) is 32.9 Å². The van der Waals surface area contributed by atoms with Gasteiger partial charge in [0, 0.05) is 17.1 Å². The molecule has 2 heteroatoms. The number of aromatic amines is 1. The maximum Gasteiger partial charge on any atom is 0.235 e. The maximum absolute atomic E-state index is 10.3. The van der Waals surface area contributed by atoms with Gasteiger partial charge in [-0.05, 0) is 6.07 Å². The molecule has 0 saturated carbocycles. The van der Waals surface area contributed by atoms with Crippen molar-refractivity contribution in [3.8, 4) is 0 Å². The molecule has 0 atom stereocenters. The van der Waals surface area contributed by atoms with Crippen LogP contribution in [0.2, 0.25) is 0 Å². The van der Waals surface area contributed by atoms with Gasteiger partial charge < -0.3 is 4.98 Å². The Morgan fingerprint density at radius 3 is 2.91 bits per heavy atom. The minimum Gasteiger partial charge on any atom is -0.360 e. The summed E-state index contributed by atoms with van der Waals surface area (Å²) in [7, 11) is 0. The lowest BCUT2D eigenvalue weighted by Gasteiger charge is -1.85. The number of benzene rings is 1. The fourth-order valence-corrected chi connectivity index (χ4v) is 1.16. The summed E-state index contributed by atoms with van der Waals surface area (Å²) < 4.78 is 0. The molecule has 0 spiro atoms. The first kappa shape index (κ1) is 6.16. The van der Waals surface area contributed by atoms with Gasteiger partial charge in [-0.3, -0.25) is 4.79 Å². The molecule has 2 nitrogen and oxygen atoms in total. The van der Waals surface area contributed by atoms with Gasteiger partial charge >= 0.3 is 0 Å². The fraction of sp³-hybridized carbons (Fsp3) is 0. The minimum atomic E-state index is 0.598. The molecule has 53 valence electrons. The van der Waals surface area contributed by atoms with E-state index in [0.29, 0.717) is 5.56 Å². The van der Waals surface area contributed by atoms with E-state index >= 15 is 0 Å². The Hall–Kier alpha value is -1.57. The molecule has 0 saturated heterocycles. The molecule has 2 aromatic rings. The Kier molecular flexibility index (Phi) is 1.25. The third-order valence-electron chi connectivity index (χ3n) is 1.70. The van der Waals surface area contributed by atoms with Gasteiger partial charge in [0.15, 0.2) is 0 Å². The molecule has 0 aliphatic carbocycles. The molecule has 0 fully saturated rings. The van der Waals surface area contributed by atoms with E-state index in [4.69, 9.17) is 0 Å². The van der Waals surface area contributed by atoms with E-state index in [-0.39, 0.29) is 0 Å². The summed E-state index contributed by atoms with van der Waals surface area (Å²) in [5.74, 6) is 0. The van der Waals surface area contributed by atoms with Gasteiger partial charge in [-0.15, -0.1) is 0 Å². The number of hydrogen-bond donors (Lipinski definition) is 1. The molecule has 2 rings (SSSR count). The Morgan fingerprint density at radius 2 is 2.09 bits per heavy atom. The zero-order valence-electron chi connectivity index (χ0n) is 5.79. The zero-order chi connectivity index (χ0) is 7.68. The number of carbonyl (C=O) groups excluding carboxylic acids is 1. The van der Waals surface area contributed by atoms with Crippen LogP contribution < -0.4 is 0 Å². The third-order valence-corrected chi connectivity index (χ3v) is 1.70. The lowest BCUT2D eigenvalue weighted by molar-refractivity contribution is 0.563. The van der Waals surface area contributed by atoms with Crippen molar-refractivity contribution in [2.75, 3.05) is 0 Å². The smallest absolute Gasteiger partial charge is 0.235 e. The Morgan fingerprint density at radius 1 is 1.27 bits per heavy atom. The van der Waals surface area contributed by atoms with Gasteiger partial charge in [0.1, 0.15) is 0 Å². The highest BCUT2D eigenvalue weighted by Crippen LogP contribution is 2.14. The number of H-pyrrole nitrogens is 1. The molecule has 0 bridgehead atoms. The molecular formula is C9H6NO. The highest BCUT2D eigenvalue weighted by molar-refractivity contribution is 5.97. The Labute approximate surface area is 63.8 Å². The van der Waals surface area contributed by atoms with E-state index in [0.717, 1.165) is 10.9 Å². The fourth-order valence-electron chi connectivity index (χ4n) is 1.16. The van der Waals surface area contributed by atoms with E-state index in [1.165, 1.54) is 0 Å². The van der Waals surface area contributed by atoms with Gasteiger partial charge in [0.25, 0.3) is 0 Å². The van der Waals surface area contributed by atoms with Crippen LogP contribution in [-0.4, -0.2) is 11.3 Å². The molecule has 1 heterocycles. The normalized spacial score (nSPS) is 10.2. The number of fused-ring (bicyclic) bond motifs is 1. The Balaban J connectivity index is 2.86. The Bertz CT molecular complexity index is 389. The van der Waals surface area contributed by atoms with E-state index in [2.05, 4.69) is 4.98 Å². The first-order valence-corrected chi connectivity index (χ1v) is 3.36. The largest absolute Gasteiger partial charge is 0.360 e. The van der Waals surface area contributed by atoms with Gasteiger partial charge in [0.05, 0.1) is 5.56 Å². The standard InChI is InChI=1S/C9H6NO/c11-6-7-5-10-9-4-2-1-3-8(7)9/h1-5,10H. The molecular weight excluding hydrogens is 138 g/mol. The minimum absolute atomic E-state index is 0.598. The quantitative estimate of drug-likeness (QED) is 0.648. The number of nitrogens with one attached hydrogen (secondary N) is 1. The van der Waals surface area contributed by atoms with Crippen molar-refractivity contribution in [2.45, 2.75) is 0 Å².